The number of aromatic nitrogens is 2. The number of nitrogens with zero attached hydrogens (tertiary/aromatic N) is 4. The van der Waals surface area contributed by atoms with Crippen LogP contribution in [0, 0.1) is 6.92 Å². The van der Waals surface area contributed by atoms with Crippen molar-refractivity contribution in [2.45, 2.75) is 26.4 Å². The lowest BCUT2D eigenvalue weighted by molar-refractivity contribution is 0.0498. The van der Waals surface area contributed by atoms with Gasteiger partial charge in [0.15, 0.2) is 0 Å². The maximum Gasteiger partial charge on any atom is 0.272 e. The van der Waals surface area contributed by atoms with E-state index in [0.717, 1.165) is 24.2 Å². The van der Waals surface area contributed by atoms with Gasteiger partial charge in [-0.15, -0.1) is 0 Å². The van der Waals surface area contributed by atoms with Crippen LogP contribution in [-0.2, 0) is 6.54 Å². The van der Waals surface area contributed by atoms with Crippen LogP contribution in [0.5, 0.6) is 0 Å². The van der Waals surface area contributed by atoms with Crippen LogP contribution in [0.1, 0.15) is 34.6 Å². The molecule has 0 saturated carbocycles. The molecule has 0 radical (unpaired) electrons. The Hall–Kier alpha value is -2.99. The Kier molecular flexibility index (Phi) is 5.20. The fourth-order valence-corrected chi connectivity index (χ4v) is 4.11. The third-order valence-corrected chi connectivity index (χ3v) is 5.70. The molecule has 0 spiro atoms. The van der Waals surface area contributed by atoms with Crippen molar-refractivity contribution < 1.29 is 4.79 Å². The number of amides is 1. The van der Waals surface area contributed by atoms with Gasteiger partial charge in [0.2, 0.25) is 0 Å². The van der Waals surface area contributed by atoms with Crippen molar-refractivity contribution in [3.05, 3.63) is 75.7 Å². The van der Waals surface area contributed by atoms with Crippen molar-refractivity contribution in [1.82, 2.24) is 19.4 Å². The molecule has 6 nitrogen and oxygen atoms in total. The fraction of sp³-hybridized carbons (Fsp3) is 0.348. The third kappa shape index (κ3) is 3.56. The molecule has 1 aliphatic heterocycles. The van der Waals surface area contributed by atoms with Crippen LogP contribution in [-0.4, -0.2) is 51.9 Å². The molecule has 1 saturated heterocycles. The molecule has 1 amide bonds. The molecule has 2 heterocycles. The van der Waals surface area contributed by atoms with Crippen LogP contribution < -0.4 is 5.56 Å². The number of likely N-dealkylation sites (N-methyl/N-ethyl adjacent to an activating group) is 1. The van der Waals surface area contributed by atoms with E-state index < -0.39 is 0 Å². The molecule has 0 N–H and O–H groups in total. The molecule has 1 fully saturated rings. The van der Waals surface area contributed by atoms with Crippen molar-refractivity contribution in [3.63, 3.8) is 0 Å². The Balaban J connectivity index is 1.73. The zero-order chi connectivity index (χ0) is 20.5. The first-order valence-corrected chi connectivity index (χ1v) is 10.0. The molecule has 0 bridgehead atoms. The average Bonchev–Trinajstić information content (AvgIpc) is 2.74. The number of fused-ring (bicyclic) bond motifs is 1. The van der Waals surface area contributed by atoms with E-state index in [-0.39, 0.29) is 17.5 Å². The minimum absolute atomic E-state index is 0.00237. The highest BCUT2D eigenvalue weighted by Crippen LogP contribution is 2.27. The van der Waals surface area contributed by atoms with Gasteiger partial charge in [0.1, 0.15) is 5.69 Å². The molecule has 1 atom stereocenters. The van der Waals surface area contributed by atoms with Crippen LogP contribution >= 0.6 is 0 Å². The van der Waals surface area contributed by atoms with E-state index in [0.29, 0.717) is 29.9 Å². The Morgan fingerprint density at radius 3 is 2.62 bits per heavy atom. The van der Waals surface area contributed by atoms with Crippen molar-refractivity contribution in [3.8, 4) is 0 Å². The predicted molar refractivity (Wildman–Crippen MR) is 114 cm³/mol. The monoisotopic (exact) mass is 390 g/mol. The number of hydrogen-bond donors (Lipinski definition) is 0. The second-order valence-electron chi connectivity index (χ2n) is 7.64. The fourth-order valence-electron chi connectivity index (χ4n) is 4.11. The topological polar surface area (TPSA) is 58.4 Å². The zero-order valence-electron chi connectivity index (χ0n) is 17.1. The van der Waals surface area contributed by atoms with Crippen molar-refractivity contribution in [2.24, 2.45) is 0 Å². The summed E-state index contributed by atoms with van der Waals surface area (Å²) in [5, 5.41) is 0. The largest absolute Gasteiger partial charge is 0.329 e. The summed E-state index contributed by atoms with van der Waals surface area (Å²) in [5.74, 6) is 0.00237. The number of rotatable bonds is 3. The van der Waals surface area contributed by atoms with Crippen LogP contribution in [0.4, 0.5) is 0 Å². The van der Waals surface area contributed by atoms with E-state index >= 15 is 0 Å². The highest BCUT2D eigenvalue weighted by molar-refractivity contribution is 5.97. The highest BCUT2D eigenvalue weighted by atomic mass is 16.2. The average molecular weight is 390 g/mol. The number of hydrogen-bond acceptors (Lipinski definition) is 4. The van der Waals surface area contributed by atoms with Gasteiger partial charge in [-0.05, 0) is 44.7 Å². The van der Waals surface area contributed by atoms with Crippen molar-refractivity contribution in [2.75, 3.05) is 26.7 Å². The molecular weight excluding hydrogens is 364 g/mol. The summed E-state index contributed by atoms with van der Waals surface area (Å²) in [6, 6.07) is 15.7. The predicted octanol–water partition coefficient (Wildman–Crippen LogP) is 2.85. The summed E-state index contributed by atoms with van der Waals surface area (Å²) in [4.78, 5) is 34.4. The van der Waals surface area contributed by atoms with E-state index in [2.05, 4.69) is 29.1 Å². The normalized spacial score (nSPS) is 17.6. The number of aryl methyl sites for hydroxylation is 2. The lowest BCUT2D eigenvalue weighted by atomic mass is 10.0. The smallest absolute Gasteiger partial charge is 0.272 e. The molecule has 0 aliphatic carbocycles. The molecule has 150 valence electrons. The molecule has 2 aromatic carbocycles. The number of piperazine rings is 1. The highest BCUT2D eigenvalue weighted by Gasteiger charge is 2.31. The summed E-state index contributed by atoms with van der Waals surface area (Å²) in [6.07, 6.45) is 0. The molecule has 1 aromatic heterocycles. The van der Waals surface area contributed by atoms with Gasteiger partial charge in [0.05, 0.1) is 17.1 Å². The Bertz CT molecular complexity index is 1110. The van der Waals surface area contributed by atoms with Gasteiger partial charge in [-0.25, -0.2) is 4.98 Å². The first-order valence-electron chi connectivity index (χ1n) is 10.0. The van der Waals surface area contributed by atoms with E-state index in [4.69, 9.17) is 0 Å². The van der Waals surface area contributed by atoms with Gasteiger partial charge in [0.25, 0.3) is 11.5 Å². The van der Waals surface area contributed by atoms with Crippen LogP contribution in [0.2, 0.25) is 0 Å². The zero-order valence-corrected chi connectivity index (χ0v) is 17.1. The maximum absolute atomic E-state index is 13.5. The van der Waals surface area contributed by atoms with Crippen LogP contribution in [0.25, 0.3) is 11.0 Å². The molecule has 3 aromatic rings. The maximum atomic E-state index is 13.5. The molecule has 6 heteroatoms. The van der Waals surface area contributed by atoms with E-state index in [1.165, 1.54) is 0 Å². The van der Waals surface area contributed by atoms with E-state index in [1.807, 2.05) is 48.2 Å². The van der Waals surface area contributed by atoms with E-state index in [1.54, 1.807) is 11.5 Å². The number of carbonyl (C=O) groups is 1. The van der Waals surface area contributed by atoms with Gasteiger partial charge in [-0.2, -0.15) is 0 Å². The second kappa shape index (κ2) is 7.79. The first-order chi connectivity index (χ1) is 14.0. The van der Waals surface area contributed by atoms with Gasteiger partial charge < -0.3 is 14.4 Å². The summed E-state index contributed by atoms with van der Waals surface area (Å²) in [5.41, 5.74) is 3.56. The Morgan fingerprint density at radius 1 is 1.14 bits per heavy atom. The molecule has 4 rings (SSSR count). The number of carbonyl (C=O) groups excluding carboxylic acids is 1. The molecule has 1 aliphatic rings. The number of benzene rings is 2. The lowest BCUT2D eigenvalue weighted by Crippen LogP contribution is -2.49. The van der Waals surface area contributed by atoms with Gasteiger partial charge >= 0.3 is 0 Å². The minimum Gasteiger partial charge on any atom is -0.329 e. The molecular formula is C23H26N4O2. The summed E-state index contributed by atoms with van der Waals surface area (Å²) in [6.45, 7) is 6.54. The van der Waals surface area contributed by atoms with Crippen molar-refractivity contribution >= 4 is 16.9 Å². The third-order valence-electron chi connectivity index (χ3n) is 5.70. The standard InChI is InChI=1S/C23H26N4O2/c1-4-26-20-11-10-18(14-19(20)24-16(2)22(26)28)23(29)27-13-12-25(3)15-21(27)17-8-6-5-7-9-17/h5-11,14,21H,4,12-13,15H2,1-3H3/t21-/m0/s1. The van der Waals surface area contributed by atoms with Gasteiger partial charge in [0, 0.05) is 31.7 Å². The summed E-state index contributed by atoms with van der Waals surface area (Å²) < 4.78 is 1.70. The second-order valence-corrected chi connectivity index (χ2v) is 7.64. The van der Waals surface area contributed by atoms with Crippen LogP contribution in [0.15, 0.2) is 53.3 Å². The van der Waals surface area contributed by atoms with E-state index in [9.17, 15) is 9.59 Å². The summed E-state index contributed by atoms with van der Waals surface area (Å²) >= 11 is 0. The SMILES string of the molecule is CCn1c(=O)c(C)nc2cc(C(=O)N3CCN(C)C[C@H]3c3ccccc3)ccc21. The Morgan fingerprint density at radius 2 is 1.90 bits per heavy atom. The van der Waals surface area contributed by atoms with Crippen LogP contribution in [0.3, 0.4) is 0 Å². The Labute approximate surface area is 170 Å². The lowest BCUT2D eigenvalue weighted by Gasteiger charge is -2.40. The molecule has 29 heavy (non-hydrogen) atoms. The van der Waals surface area contributed by atoms with Gasteiger partial charge in [-0.1, -0.05) is 30.3 Å². The summed E-state index contributed by atoms with van der Waals surface area (Å²) in [7, 11) is 2.09. The quantitative estimate of drug-likeness (QED) is 0.690. The van der Waals surface area contributed by atoms with Crippen molar-refractivity contribution in [1.29, 1.82) is 0 Å². The van der Waals surface area contributed by atoms with Gasteiger partial charge in [-0.3, -0.25) is 9.59 Å². The minimum atomic E-state index is -0.0812. The molecule has 0 unspecified atom stereocenters. The first kappa shape index (κ1) is 19.3.